The van der Waals surface area contributed by atoms with Gasteiger partial charge in [0.1, 0.15) is 0 Å². The zero-order valence-electron chi connectivity index (χ0n) is 9.89. The maximum absolute atomic E-state index is 11.3. The molecule has 1 amide bonds. The van der Waals surface area contributed by atoms with E-state index in [0.717, 1.165) is 5.56 Å². The minimum absolute atomic E-state index is 0.0243. The lowest BCUT2D eigenvalue weighted by atomic mass is 10.1. The maximum Gasteiger partial charge on any atom is 0.233 e. The molecule has 1 rings (SSSR count). The zero-order valence-corrected chi connectivity index (χ0v) is 11.4. The summed E-state index contributed by atoms with van der Waals surface area (Å²) in [5.74, 6) is -0.0301. The van der Waals surface area contributed by atoms with E-state index in [4.69, 9.17) is 23.2 Å². The van der Waals surface area contributed by atoms with Gasteiger partial charge in [0.05, 0.1) is 16.6 Å². The van der Waals surface area contributed by atoms with Crippen LogP contribution in [0.1, 0.15) is 25.5 Å². The van der Waals surface area contributed by atoms with Crippen LogP contribution in [0.15, 0.2) is 18.2 Å². The van der Waals surface area contributed by atoms with Crippen LogP contribution in [0.25, 0.3) is 0 Å². The highest BCUT2D eigenvalue weighted by atomic mass is 35.5. The van der Waals surface area contributed by atoms with Crippen LogP contribution in [0.3, 0.4) is 0 Å². The topological polar surface area (TPSA) is 41.1 Å². The molecule has 0 aliphatic rings. The number of hydrogen-bond donors (Lipinski definition) is 2. The molecule has 0 heterocycles. The quantitative estimate of drug-likeness (QED) is 0.867. The average molecular weight is 275 g/mol. The van der Waals surface area contributed by atoms with Crippen LogP contribution in [-0.2, 0) is 4.79 Å². The number of nitrogens with one attached hydrogen (secondary N) is 2. The number of amides is 1. The molecule has 0 fully saturated rings. The Bertz CT molecular complexity index is 396. The fourth-order valence-corrected chi connectivity index (χ4v) is 1.94. The molecule has 1 aromatic carbocycles. The summed E-state index contributed by atoms with van der Waals surface area (Å²) in [6.45, 7) is 4.72. The first-order valence-electron chi connectivity index (χ1n) is 5.50. The van der Waals surface area contributed by atoms with E-state index in [1.165, 1.54) is 0 Å². The van der Waals surface area contributed by atoms with E-state index in [1.807, 2.05) is 26.0 Å². The molecular weight excluding hydrogens is 259 g/mol. The summed E-state index contributed by atoms with van der Waals surface area (Å²) in [5.41, 5.74) is 0.892. The van der Waals surface area contributed by atoms with Gasteiger partial charge in [-0.05, 0) is 25.5 Å². The van der Waals surface area contributed by atoms with Crippen molar-refractivity contribution in [1.29, 1.82) is 0 Å². The van der Waals surface area contributed by atoms with Crippen LogP contribution in [0.4, 0.5) is 0 Å². The first kappa shape index (κ1) is 14.3. The van der Waals surface area contributed by atoms with Crippen LogP contribution in [0, 0.1) is 0 Å². The molecule has 1 aromatic rings. The third-order valence-electron chi connectivity index (χ3n) is 2.39. The molecule has 1 unspecified atom stereocenters. The Morgan fingerprint density at radius 3 is 2.76 bits per heavy atom. The van der Waals surface area contributed by atoms with Gasteiger partial charge < -0.3 is 10.6 Å². The van der Waals surface area contributed by atoms with Crippen molar-refractivity contribution in [3.8, 4) is 0 Å². The van der Waals surface area contributed by atoms with Crippen molar-refractivity contribution in [2.75, 3.05) is 13.1 Å². The molecule has 0 saturated heterocycles. The number of rotatable bonds is 5. The minimum Gasteiger partial charge on any atom is -0.355 e. The van der Waals surface area contributed by atoms with Crippen molar-refractivity contribution in [1.82, 2.24) is 10.6 Å². The summed E-state index contributed by atoms with van der Waals surface area (Å²) < 4.78 is 0. The van der Waals surface area contributed by atoms with Gasteiger partial charge in [0.2, 0.25) is 5.91 Å². The molecule has 0 radical (unpaired) electrons. The summed E-state index contributed by atoms with van der Waals surface area (Å²) >= 11 is 12.0. The third kappa shape index (κ3) is 4.19. The largest absolute Gasteiger partial charge is 0.355 e. The SMILES string of the molecule is CCNC(=O)CNC(C)c1cccc(Cl)c1Cl. The Balaban J connectivity index is 2.61. The predicted octanol–water partition coefficient (Wildman–Crippen LogP) is 2.78. The van der Waals surface area contributed by atoms with Crippen molar-refractivity contribution >= 4 is 29.1 Å². The first-order valence-corrected chi connectivity index (χ1v) is 6.25. The van der Waals surface area contributed by atoms with Gasteiger partial charge in [-0.3, -0.25) is 4.79 Å². The Hall–Kier alpha value is -0.770. The van der Waals surface area contributed by atoms with Gasteiger partial charge in [-0.2, -0.15) is 0 Å². The van der Waals surface area contributed by atoms with Gasteiger partial charge >= 0.3 is 0 Å². The third-order valence-corrected chi connectivity index (χ3v) is 3.22. The molecule has 2 N–H and O–H groups in total. The van der Waals surface area contributed by atoms with Gasteiger partial charge in [-0.15, -0.1) is 0 Å². The second kappa shape index (κ2) is 6.84. The molecule has 0 aliphatic carbocycles. The standard InChI is InChI=1S/C12H16Cl2N2O/c1-3-15-11(17)7-16-8(2)9-5-4-6-10(13)12(9)14/h4-6,8,16H,3,7H2,1-2H3,(H,15,17). The molecule has 5 heteroatoms. The molecule has 3 nitrogen and oxygen atoms in total. The van der Waals surface area contributed by atoms with Gasteiger partial charge in [0, 0.05) is 12.6 Å². The lowest BCUT2D eigenvalue weighted by Gasteiger charge is -2.15. The molecule has 94 valence electrons. The molecule has 0 aromatic heterocycles. The van der Waals surface area contributed by atoms with Crippen LogP contribution >= 0.6 is 23.2 Å². The van der Waals surface area contributed by atoms with E-state index in [-0.39, 0.29) is 18.5 Å². The highest BCUT2D eigenvalue weighted by Crippen LogP contribution is 2.29. The fourth-order valence-electron chi connectivity index (χ4n) is 1.47. The number of benzene rings is 1. The van der Waals surface area contributed by atoms with Crippen LogP contribution in [-0.4, -0.2) is 19.0 Å². The van der Waals surface area contributed by atoms with Crippen LogP contribution in [0.5, 0.6) is 0 Å². The van der Waals surface area contributed by atoms with Crippen LogP contribution < -0.4 is 10.6 Å². The minimum atomic E-state index is -0.0301. The number of carbonyl (C=O) groups excluding carboxylic acids is 1. The number of halogens is 2. The maximum atomic E-state index is 11.3. The fraction of sp³-hybridized carbons (Fsp3) is 0.417. The summed E-state index contributed by atoms with van der Waals surface area (Å²) in [6.07, 6.45) is 0. The van der Waals surface area contributed by atoms with E-state index < -0.39 is 0 Å². The summed E-state index contributed by atoms with van der Waals surface area (Å²) in [6, 6.07) is 5.45. The summed E-state index contributed by atoms with van der Waals surface area (Å²) in [4.78, 5) is 11.3. The van der Waals surface area contributed by atoms with Gasteiger partial charge in [0.15, 0.2) is 0 Å². The van der Waals surface area contributed by atoms with Crippen LogP contribution in [0.2, 0.25) is 10.0 Å². The van der Waals surface area contributed by atoms with Gasteiger partial charge in [0.25, 0.3) is 0 Å². The second-order valence-corrected chi connectivity index (χ2v) is 4.48. The number of hydrogen-bond acceptors (Lipinski definition) is 2. The van der Waals surface area contributed by atoms with E-state index in [2.05, 4.69) is 10.6 Å². The van der Waals surface area contributed by atoms with Crippen molar-refractivity contribution in [2.24, 2.45) is 0 Å². The predicted molar refractivity (Wildman–Crippen MR) is 71.6 cm³/mol. The Morgan fingerprint density at radius 1 is 1.41 bits per heavy atom. The Morgan fingerprint density at radius 2 is 2.12 bits per heavy atom. The van der Waals surface area contributed by atoms with Crippen molar-refractivity contribution in [3.05, 3.63) is 33.8 Å². The van der Waals surface area contributed by atoms with E-state index in [0.29, 0.717) is 16.6 Å². The van der Waals surface area contributed by atoms with Crippen molar-refractivity contribution < 1.29 is 4.79 Å². The van der Waals surface area contributed by atoms with E-state index in [1.54, 1.807) is 6.07 Å². The average Bonchev–Trinajstić information content (AvgIpc) is 2.30. The smallest absolute Gasteiger partial charge is 0.233 e. The number of carbonyl (C=O) groups is 1. The zero-order chi connectivity index (χ0) is 12.8. The summed E-state index contributed by atoms with van der Waals surface area (Å²) in [5, 5.41) is 6.87. The first-order chi connectivity index (χ1) is 8.06. The lowest BCUT2D eigenvalue weighted by molar-refractivity contribution is -0.120. The molecule has 0 bridgehead atoms. The highest BCUT2D eigenvalue weighted by molar-refractivity contribution is 6.42. The number of likely N-dealkylation sites (N-methyl/N-ethyl adjacent to an activating group) is 1. The molecule has 17 heavy (non-hydrogen) atoms. The van der Waals surface area contributed by atoms with E-state index in [9.17, 15) is 4.79 Å². The monoisotopic (exact) mass is 274 g/mol. The second-order valence-electron chi connectivity index (χ2n) is 3.70. The molecule has 0 saturated carbocycles. The molecular formula is C12H16Cl2N2O. The van der Waals surface area contributed by atoms with E-state index >= 15 is 0 Å². The molecule has 1 atom stereocenters. The molecule has 0 aliphatic heterocycles. The van der Waals surface area contributed by atoms with Gasteiger partial charge in [-0.1, -0.05) is 35.3 Å². The molecule has 0 spiro atoms. The van der Waals surface area contributed by atoms with Crippen molar-refractivity contribution in [2.45, 2.75) is 19.9 Å². The van der Waals surface area contributed by atoms with Gasteiger partial charge in [-0.25, -0.2) is 0 Å². The Labute approximate surface area is 111 Å². The summed E-state index contributed by atoms with van der Waals surface area (Å²) in [7, 11) is 0. The Kier molecular flexibility index (Phi) is 5.75. The normalized spacial score (nSPS) is 12.2. The lowest BCUT2D eigenvalue weighted by Crippen LogP contribution is -2.34. The van der Waals surface area contributed by atoms with Crippen molar-refractivity contribution in [3.63, 3.8) is 0 Å². The highest BCUT2D eigenvalue weighted by Gasteiger charge is 2.12.